The number of benzene rings is 1. The Kier molecular flexibility index (Phi) is 6.74. The van der Waals surface area contributed by atoms with Crippen LogP contribution in [0.2, 0.25) is 0 Å². The third kappa shape index (κ3) is 4.91. The average molecular weight is 498 g/mol. The van der Waals surface area contributed by atoms with Crippen LogP contribution >= 0.6 is 0 Å². The van der Waals surface area contributed by atoms with E-state index in [1.54, 1.807) is 32.2 Å². The summed E-state index contributed by atoms with van der Waals surface area (Å²) >= 11 is 0. The van der Waals surface area contributed by atoms with Crippen LogP contribution in [0.1, 0.15) is 46.0 Å². The molecule has 1 aromatic carbocycles. The van der Waals surface area contributed by atoms with Gasteiger partial charge >= 0.3 is 12.1 Å². The van der Waals surface area contributed by atoms with Crippen LogP contribution in [-0.2, 0) is 28.7 Å². The standard InChI is InChI=1S/C24H21F3N6O3/c1-14-16(15(2)33-23(29-14)30-22(31-33)24(25,26)27)8-9-21(35)36-13-20(34)18-12-32(11-5-10-28)19-7-4-3-6-17(18)19/h3-4,6-7,12H,5,8-9,11,13H2,1-2H3. The molecule has 4 aromatic rings. The lowest BCUT2D eigenvalue weighted by Gasteiger charge is -2.10. The molecule has 0 amide bonds. The number of hydrogen-bond acceptors (Lipinski definition) is 7. The lowest BCUT2D eigenvalue weighted by atomic mass is 10.1. The number of carbonyl (C=O) groups is 2. The molecule has 0 unspecified atom stereocenters. The fourth-order valence-electron chi connectivity index (χ4n) is 4.04. The van der Waals surface area contributed by atoms with Crippen molar-refractivity contribution in [2.45, 2.75) is 45.8 Å². The molecule has 12 heteroatoms. The van der Waals surface area contributed by atoms with E-state index in [0.717, 1.165) is 10.0 Å². The minimum absolute atomic E-state index is 0.104. The van der Waals surface area contributed by atoms with E-state index in [4.69, 9.17) is 10.00 Å². The molecule has 0 atom stereocenters. The number of carbonyl (C=O) groups excluding carboxylic acids is 2. The van der Waals surface area contributed by atoms with Gasteiger partial charge in [0.2, 0.25) is 5.78 Å². The summed E-state index contributed by atoms with van der Waals surface area (Å²) in [5, 5.41) is 13.1. The molecule has 4 rings (SSSR count). The van der Waals surface area contributed by atoms with Crippen LogP contribution < -0.4 is 0 Å². The number of hydrogen-bond donors (Lipinski definition) is 0. The second-order valence-corrected chi connectivity index (χ2v) is 8.15. The number of Topliss-reactive ketones (excluding diaryl/α,β-unsaturated/α-hetero) is 1. The molecule has 0 fully saturated rings. The number of esters is 1. The van der Waals surface area contributed by atoms with Crippen molar-refractivity contribution >= 4 is 28.4 Å². The molecule has 186 valence electrons. The topological polar surface area (TPSA) is 115 Å². The highest BCUT2D eigenvalue weighted by atomic mass is 19.4. The number of ketones is 1. The van der Waals surface area contributed by atoms with E-state index < -0.39 is 24.6 Å². The van der Waals surface area contributed by atoms with Crippen molar-refractivity contribution in [1.82, 2.24) is 24.1 Å². The largest absolute Gasteiger partial charge is 0.457 e. The van der Waals surface area contributed by atoms with Gasteiger partial charge in [-0.25, -0.2) is 9.50 Å². The molecule has 0 bridgehead atoms. The highest BCUT2D eigenvalue weighted by Crippen LogP contribution is 2.27. The molecule has 3 aromatic heterocycles. The first-order valence-electron chi connectivity index (χ1n) is 11.0. The van der Waals surface area contributed by atoms with Gasteiger partial charge in [0.05, 0.1) is 12.5 Å². The predicted molar refractivity (Wildman–Crippen MR) is 121 cm³/mol. The smallest absolute Gasteiger partial charge is 0.453 e. The summed E-state index contributed by atoms with van der Waals surface area (Å²) in [5.41, 5.74) is 2.55. The summed E-state index contributed by atoms with van der Waals surface area (Å²) in [5.74, 6) is -2.48. The first-order valence-corrected chi connectivity index (χ1v) is 11.0. The fourth-order valence-corrected chi connectivity index (χ4v) is 4.04. The summed E-state index contributed by atoms with van der Waals surface area (Å²) in [6.45, 7) is 3.15. The Hall–Kier alpha value is -4.27. The second-order valence-electron chi connectivity index (χ2n) is 8.15. The predicted octanol–water partition coefficient (Wildman–Crippen LogP) is 3.99. The molecule has 0 aliphatic carbocycles. The van der Waals surface area contributed by atoms with Crippen molar-refractivity contribution in [2.75, 3.05) is 6.61 Å². The fraction of sp³-hybridized carbons (Fsp3) is 0.333. The Bertz CT molecular complexity index is 1510. The van der Waals surface area contributed by atoms with E-state index in [1.807, 2.05) is 16.7 Å². The maximum absolute atomic E-state index is 13.0. The van der Waals surface area contributed by atoms with Crippen molar-refractivity contribution in [3.05, 3.63) is 58.8 Å². The normalized spacial score (nSPS) is 11.7. The number of para-hydroxylation sites is 1. The van der Waals surface area contributed by atoms with E-state index in [-0.39, 0.29) is 30.8 Å². The molecule has 3 heterocycles. The van der Waals surface area contributed by atoms with Gasteiger partial charge in [-0.1, -0.05) is 18.2 Å². The SMILES string of the molecule is Cc1nc2nc(C(F)(F)F)nn2c(C)c1CCC(=O)OCC(=O)c1cn(CCC#N)c2ccccc12. The second kappa shape index (κ2) is 9.77. The minimum Gasteiger partial charge on any atom is -0.457 e. The van der Waals surface area contributed by atoms with Crippen LogP contribution in [0.15, 0.2) is 30.5 Å². The number of fused-ring (bicyclic) bond motifs is 2. The van der Waals surface area contributed by atoms with Crippen LogP contribution in [0.5, 0.6) is 0 Å². The van der Waals surface area contributed by atoms with Crippen LogP contribution in [0.4, 0.5) is 13.2 Å². The van der Waals surface area contributed by atoms with Gasteiger partial charge in [-0.2, -0.15) is 23.4 Å². The van der Waals surface area contributed by atoms with Gasteiger partial charge in [0.1, 0.15) is 0 Å². The van der Waals surface area contributed by atoms with E-state index in [1.165, 1.54) is 0 Å². The summed E-state index contributed by atoms with van der Waals surface area (Å²) in [7, 11) is 0. The number of halogens is 3. The Balaban J connectivity index is 1.43. The highest BCUT2D eigenvalue weighted by molar-refractivity contribution is 6.09. The molecule has 0 saturated heterocycles. The maximum atomic E-state index is 13.0. The Morgan fingerprint density at radius 3 is 2.64 bits per heavy atom. The van der Waals surface area contributed by atoms with Gasteiger partial charge in [0.15, 0.2) is 6.61 Å². The number of nitrogens with zero attached hydrogens (tertiary/aromatic N) is 6. The lowest BCUT2D eigenvalue weighted by Crippen LogP contribution is -2.15. The van der Waals surface area contributed by atoms with Gasteiger partial charge in [-0.3, -0.25) is 9.59 Å². The molecule has 0 spiro atoms. The van der Waals surface area contributed by atoms with E-state index in [2.05, 4.69) is 21.1 Å². The number of rotatable bonds is 8. The van der Waals surface area contributed by atoms with Crippen LogP contribution in [-0.4, -0.2) is 42.5 Å². The zero-order valence-corrected chi connectivity index (χ0v) is 19.5. The quantitative estimate of drug-likeness (QED) is 0.266. The molecule has 36 heavy (non-hydrogen) atoms. The third-order valence-corrected chi connectivity index (χ3v) is 5.80. The summed E-state index contributed by atoms with van der Waals surface area (Å²) in [6.07, 6.45) is -2.73. The van der Waals surface area contributed by atoms with E-state index >= 15 is 0 Å². The van der Waals surface area contributed by atoms with Gasteiger partial charge in [0, 0.05) is 47.0 Å². The van der Waals surface area contributed by atoms with Crippen LogP contribution in [0.25, 0.3) is 16.7 Å². The molecule has 0 saturated carbocycles. The van der Waals surface area contributed by atoms with Crippen molar-refractivity contribution in [3.63, 3.8) is 0 Å². The van der Waals surface area contributed by atoms with Gasteiger partial charge < -0.3 is 9.30 Å². The number of aromatic nitrogens is 5. The maximum Gasteiger partial charge on any atom is 0.453 e. The monoisotopic (exact) mass is 498 g/mol. The zero-order chi connectivity index (χ0) is 26.0. The van der Waals surface area contributed by atoms with Gasteiger partial charge in [-0.05, 0) is 31.9 Å². The number of ether oxygens (including phenoxy) is 1. The van der Waals surface area contributed by atoms with Crippen molar-refractivity contribution in [2.24, 2.45) is 0 Å². The van der Waals surface area contributed by atoms with Crippen molar-refractivity contribution in [3.8, 4) is 6.07 Å². The van der Waals surface area contributed by atoms with Crippen molar-refractivity contribution in [1.29, 1.82) is 5.26 Å². The zero-order valence-electron chi connectivity index (χ0n) is 19.5. The number of nitriles is 1. The third-order valence-electron chi connectivity index (χ3n) is 5.80. The molecular weight excluding hydrogens is 477 g/mol. The summed E-state index contributed by atoms with van der Waals surface area (Å²) in [4.78, 5) is 32.7. The van der Waals surface area contributed by atoms with E-state index in [9.17, 15) is 22.8 Å². The lowest BCUT2D eigenvalue weighted by molar-refractivity contribution is -0.145. The highest BCUT2D eigenvalue weighted by Gasteiger charge is 2.37. The van der Waals surface area contributed by atoms with Crippen LogP contribution in [0.3, 0.4) is 0 Å². The van der Waals surface area contributed by atoms with Crippen LogP contribution in [0, 0.1) is 25.2 Å². The minimum atomic E-state index is -4.70. The first kappa shape index (κ1) is 24.8. The Morgan fingerprint density at radius 1 is 1.17 bits per heavy atom. The van der Waals surface area contributed by atoms with Gasteiger partial charge in [-0.15, -0.1) is 5.10 Å². The summed E-state index contributed by atoms with van der Waals surface area (Å²) < 4.78 is 46.9. The number of aryl methyl sites for hydroxylation is 3. The Morgan fingerprint density at radius 2 is 1.92 bits per heavy atom. The van der Waals surface area contributed by atoms with E-state index in [0.29, 0.717) is 34.4 Å². The average Bonchev–Trinajstić information content (AvgIpc) is 3.43. The summed E-state index contributed by atoms with van der Waals surface area (Å²) in [6, 6.07) is 9.33. The molecule has 0 aliphatic heterocycles. The number of alkyl halides is 3. The van der Waals surface area contributed by atoms with Crippen molar-refractivity contribution < 1.29 is 27.5 Å². The Labute approximate surface area is 203 Å². The van der Waals surface area contributed by atoms with Gasteiger partial charge in [0.25, 0.3) is 11.6 Å². The molecule has 0 aliphatic rings. The molecular formula is C24H21F3N6O3. The molecule has 0 N–H and O–H groups in total. The molecule has 0 radical (unpaired) electrons. The first-order chi connectivity index (χ1) is 17.1. The molecule has 9 nitrogen and oxygen atoms in total.